The summed E-state index contributed by atoms with van der Waals surface area (Å²) in [5.41, 5.74) is 2.74. The number of ether oxygens (including phenoxy) is 1. The molecule has 2 N–H and O–H groups in total. The number of nitro benzene ring substituents is 1. The lowest BCUT2D eigenvalue weighted by Crippen LogP contribution is -2.17. The van der Waals surface area contributed by atoms with E-state index in [0.29, 0.717) is 10.7 Å². The molecule has 10 nitrogen and oxygen atoms in total. The van der Waals surface area contributed by atoms with Gasteiger partial charge in [0.05, 0.1) is 17.7 Å². The lowest BCUT2D eigenvalue weighted by molar-refractivity contribution is -0.384. The van der Waals surface area contributed by atoms with Crippen molar-refractivity contribution in [3.05, 3.63) is 85.6 Å². The van der Waals surface area contributed by atoms with Crippen LogP contribution in [0, 0.1) is 10.1 Å². The Hall–Kier alpha value is -3.89. The lowest BCUT2D eigenvalue weighted by Gasteiger charge is -2.06. The summed E-state index contributed by atoms with van der Waals surface area (Å²) in [6.45, 7) is 1.76. The van der Waals surface area contributed by atoms with Crippen LogP contribution in [0.3, 0.4) is 0 Å². The van der Waals surface area contributed by atoms with E-state index in [0.717, 1.165) is 6.21 Å². The second-order valence-electron chi connectivity index (χ2n) is 6.34. The molecule has 3 aromatic rings. The summed E-state index contributed by atoms with van der Waals surface area (Å²) in [4.78, 5) is 34.7. The standard InChI is InChI=1S/C21H16Cl2N4O6/c1-2-32-21(29)17-18(23)16(33-20(17)25-14-5-3-4-13(22)10-14)11-24-26-19(28)12-6-8-15(9-7-12)27(30)31/h3-11,25H,2H2,1H3,(H,26,28)/b24-11-. The van der Waals surface area contributed by atoms with Gasteiger partial charge in [0.25, 0.3) is 11.6 Å². The summed E-state index contributed by atoms with van der Waals surface area (Å²) in [5, 5.41) is 17.8. The van der Waals surface area contributed by atoms with Crippen LogP contribution in [0.2, 0.25) is 10.0 Å². The zero-order chi connectivity index (χ0) is 24.0. The van der Waals surface area contributed by atoms with Crippen LogP contribution in [0.5, 0.6) is 0 Å². The Morgan fingerprint density at radius 1 is 1.21 bits per heavy atom. The molecule has 0 aliphatic heterocycles. The first-order valence-electron chi connectivity index (χ1n) is 9.40. The molecule has 0 radical (unpaired) electrons. The number of nitrogens with one attached hydrogen (secondary N) is 2. The van der Waals surface area contributed by atoms with Crippen LogP contribution in [0.4, 0.5) is 17.3 Å². The van der Waals surface area contributed by atoms with Crippen molar-refractivity contribution >= 4 is 58.6 Å². The van der Waals surface area contributed by atoms with Gasteiger partial charge >= 0.3 is 5.97 Å². The zero-order valence-corrected chi connectivity index (χ0v) is 18.5. The number of non-ortho nitro benzene ring substituents is 1. The highest BCUT2D eigenvalue weighted by Crippen LogP contribution is 2.34. The number of nitrogens with zero attached hydrogens (tertiary/aromatic N) is 2. The maximum absolute atomic E-state index is 12.4. The summed E-state index contributed by atoms with van der Waals surface area (Å²) in [6, 6.07) is 11.7. The summed E-state index contributed by atoms with van der Waals surface area (Å²) in [6.07, 6.45) is 1.11. The minimum atomic E-state index is -0.717. The van der Waals surface area contributed by atoms with Gasteiger partial charge in [-0.1, -0.05) is 29.3 Å². The SMILES string of the molecule is CCOC(=O)c1c(Nc2cccc(Cl)c2)oc(/C=N\NC(=O)c2ccc([N+](=O)[O-])cc2)c1Cl. The number of hydrazone groups is 1. The molecule has 170 valence electrons. The van der Waals surface area contributed by atoms with E-state index < -0.39 is 16.8 Å². The number of carbonyl (C=O) groups excluding carboxylic acids is 2. The Balaban J connectivity index is 1.81. The van der Waals surface area contributed by atoms with Gasteiger partial charge < -0.3 is 14.5 Å². The van der Waals surface area contributed by atoms with E-state index in [-0.39, 0.29) is 40.1 Å². The minimum absolute atomic E-state index is 0.00358. The molecule has 0 saturated heterocycles. The maximum Gasteiger partial charge on any atom is 0.345 e. The molecule has 3 rings (SSSR count). The number of rotatable bonds is 8. The van der Waals surface area contributed by atoms with Gasteiger partial charge in [-0.25, -0.2) is 10.2 Å². The molecular weight excluding hydrogens is 475 g/mol. The predicted octanol–water partition coefficient (Wildman–Crippen LogP) is 5.18. The third-order valence-electron chi connectivity index (χ3n) is 4.13. The van der Waals surface area contributed by atoms with E-state index in [1.807, 2.05) is 0 Å². The van der Waals surface area contributed by atoms with E-state index in [2.05, 4.69) is 15.8 Å². The number of nitro groups is 1. The number of halogens is 2. The molecule has 0 aliphatic carbocycles. The van der Waals surface area contributed by atoms with E-state index in [4.69, 9.17) is 32.4 Å². The van der Waals surface area contributed by atoms with Crippen LogP contribution in [0.25, 0.3) is 0 Å². The van der Waals surface area contributed by atoms with E-state index in [1.54, 1.807) is 31.2 Å². The first-order chi connectivity index (χ1) is 15.8. The molecule has 33 heavy (non-hydrogen) atoms. The quantitative estimate of drug-likeness (QED) is 0.192. The topological polar surface area (TPSA) is 136 Å². The third kappa shape index (κ3) is 5.88. The first kappa shape index (κ1) is 23.8. The summed E-state index contributed by atoms with van der Waals surface area (Å²) in [5.74, 6) is -1.35. The van der Waals surface area contributed by atoms with Gasteiger partial charge in [0.15, 0.2) is 5.76 Å². The molecule has 0 bridgehead atoms. The normalized spacial score (nSPS) is 10.8. The number of furan rings is 1. The maximum atomic E-state index is 12.4. The Bertz CT molecular complexity index is 1220. The van der Waals surface area contributed by atoms with E-state index >= 15 is 0 Å². The highest BCUT2D eigenvalue weighted by Gasteiger charge is 2.25. The number of esters is 1. The molecule has 0 spiro atoms. The number of hydrogen-bond acceptors (Lipinski definition) is 8. The Kier molecular flexibility index (Phi) is 7.65. The van der Waals surface area contributed by atoms with Crippen LogP contribution in [-0.2, 0) is 4.74 Å². The van der Waals surface area contributed by atoms with Crippen LogP contribution in [0.1, 0.15) is 33.4 Å². The number of benzene rings is 2. The Morgan fingerprint density at radius 3 is 2.58 bits per heavy atom. The van der Waals surface area contributed by atoms with Gasteiger partial charge in [0.2, 0.25) is 5.88 Å². The summed E-state index contributed by atoms with van der Waals surface area (Å²) >= 11 is 12.3. The van der Waals surface area contributed by atoms with Crippen molar-refractivity contribution in [3.63, 3.8) is 0 Å². The van der Waals surface area contributed by atoms with Gasteiger partial charge in [-0.05, 0) is 37.3 Å². The second kappa shape index (κ2) is 10.6. The molecule has 0 atom stereocenters. The fraction of sp³-hybridized carbons (Fsp3) is 0.0952. The van der Waals surface area contributed by atoms with Crippen molar-refractivity contribution in [2.24, 2.45) is 5.10 Å². The number of carbonyl (C=O) groups is 2. The average Bonchev–Trinajstić information content (AvgIpc) is 3.08. The number of hydrogen-bond donors (Lipinski definition) is 2. The van der Waals surface area contributed by atoms with Crippen molar-refractivity contribution < 1.29 is 23.7 Å². The fourth-order valence-corrected chi connectivity index (χ4v) is 3.07. The molecule has 0 saturated carbocycles. The van der Waals surface area contributed by atoms with Crippen LogP contribution < -0.4 is 10.7 Å². The van der Waals surface area contributed by atoms with Gasteiger partial charge in [0.1, 0.15) is 10.6 Å². The largest absolute Gasteiger partial charge is 0.462 e. The van der Waals surface area contributed by atoms with Crippen molar-refractivity contribution in [2.75, 3.05) is 11.9 Å². The highest BCUT2D eigenvalue weighted by molar-refractivity contribution is 6.36. The molecule has 0 unspecified atom stereocenters. The molecule has 2 aromatic carbocycles. The number of anilines is 2. The van der Waals surface area contributed by atoms with Crippen LogP contribution in [-0.4, -0.2) is 29.6 Å². The summed E-state index contributed by atoms with van der Waals surface area (Å²) < 4.78 is 10.7. The monoisotopic (exact) mass is 490 g/mol. The first-order valence-corrected chi connectivity index (χ1v) is 10.2. The molecule has 1 amide bonds. The molecule has 12 heteroatoms. The Morgan fingerprint density at radius 2 is 1.94 bits per heavy atom. The number of amides is 1. The van der Waals surface area contributed by atoms with E-state index in [9.17, 15) is 19.7 Å². The van der Waals surface area contributed by atoms with Gasteiger partial charge in [0, 0.05) is 28.4 Å². The van der Waals surface area contributed by atoms with E-state index in [1.165, 1.54) is 24.3 Å². The Labute approximate surface area is 197 Å². The van der Waals surface area contributed by atoms with Crippen LogP contribution in [0.15, 0.2) is 58.0 Å². The van der Waals surface area contributed by atoms with Gasteiger partial charge in [-0.2, -0.15) is 5.10 Å². The van der Waals surface area contributed by atoms with Crippen molar-refractivity contribution in [1.29, 1.82) is 0 Å². The minimum Gasteiger partial charge on any atom is -0.462 e. The van der Waals surface area contributed by atoms with Crippen LogP contribution >= 0.6 is 23.2 Å². The van der Waals surface area contributed by atoms with Gasteiger partial charge in [-0.15, -0.1) is 0 Å². The second-order valence-corrected chi connectivity index (χ2v) is 7.16. The average molecular weight is 491 g/mol. The fourth-order valence-electron chi connectivity index (χ4n) is 2.63. The molecule has 0 aliphatic rings. The third-order valence-corrected chi connectivity index (χ3v) is 4.74. The molecule has 1 heterocycles. The molecule has 0 fully saturated rings. The lowest BCUT2D eigenvalue weighted by atomic mass is 10.2. The summed E-state index contributed by atoms with van der Waals surface area (Å²) in [7, 11) is 0. The molecular formula is C21H16Cl2N4O6. The smallest absolute Gasteiger partial charge is 0.345 e. The van der Waals surface area contributed by atoms with Crippen molar-refractivity contribution in [3.8, 4) is 0 Å². The van der Waals surface area contributed by atoms with Crippen molar-refractivity contribution in [2.45, 2.75) is 6.92 Å². The van der Waals surface area contributed by atoms with Gasteiger partial charge in [-0.3, -0.25) is 14.9 Å². The highest BCUT2D eigenvalue weighted by atomic mass is 35.5. The van der Waals surface area contributed by atoms with Crippen molar-refractivity contribution in [1.82, 2.24) is 5.43 Å². The molecule has 1 aromatic heterocycles. The zero-order valence-electron chi connectivity index (χ0n) is 17.0. The predicted molar refractivity (Wildman–Crippen MR) is 123 cm³/mol.